The summed E-state index contributed by atoms with van der Waals surface area (Å²) in [7, 11) is 0. The molecule has 0 saturated heterocycles. The number of fused-ring (bicyclic) bond motifs is 1. The van der Waals surface area contributed by atoms with Gasteiger partial charge in [0.1, 0.15) is 9.75 Å². The quantitative estimate of drug-likeness (QED) is 0.580. The molecule has 0 spiro atoms. The molecule has 1 aromatic rings. The maximum atomic E-state index is 12.6. The number of anilines is 1. The fraction of sp³-hybridized carbons (Fsp3) is 0.529. The average Bonchev–Trinajstić information content (AvgIpc) is 3.11. The van der Waals surface area contributed by atoms with E-state index >= 15 is 0 Å². The lowest BCUT2D eigenvalue weighted by molar-refractivity contribution is -0.152. The summed E-state index contributed by atoms with van der Waals surface area (Å²) < 4.78 is 4.11. The highest BCUT2D eigenvalue weighted by Crippen LogP contribution is 2.64. The SMILES string of the molecule is CC1CCN(C(=O)COC(=O)C2(C)CC2(Cl)Cl)c2ccccc2S1. The van der Waals surface area contributed by atoms with E-state index in [0.717, 1.165) is 17.0 Å². The molecule has 0 bridgehead atoms. The number of para-hydroxylation sites is 1. The Kier molecular flexibility index (Phi) is 4.80. The van der Waals surface area contributed by atoms with Crippen molar-refractivity contribution in [2.75, 3.05) is 18.1 Å². The van der Waals surface area contributed by atoms with E-state index in [1.54, 1.807) is 23.6 Å². The van der Waals surface area contributed by atoms with E-state index in [9.17, 15) is 9.59 Å². The maximum absolute atomic E-state index is 12.6. The van der Waals surface area contributed by atoms with E-state index in [1.807, 2.05) is 24.3 Å². The maximum Gasteiger partial charge on any atom is 0.315 e. The number of hydrogen-bond donors (Lipinski definition) is 0. The molecule has 130 valence electrons. The standard InChI is InChI=1S/C17H19Cl2NO3S/c1-11-7-8-20(12-5-3-4-6-13(12)24-11)14(21)9-23-15(22)16(2)10-17(16,18)19/h3-6,11H,7-10H2,1-2H3. The van der Waals surface area contributed by atoms with Crippen molar-refractivity contribution in [2.24, 2.45) is 5.41 Å². The average molecular weight is 388 g/mol. The minimum Gasteiger partial charge on any atom is -0.455 e. The van der Waals surface area contributed by atoms with Crippen molar-refractivity contribution in [3.63, 3.8) is 0 Å². The van der Waals surface area contributed by atoms with Gasteiger partial charge in [-0.15, -0.1) is 35.0 Å². The second kappa shape index (κ2) is 6.43. The number of alkyl halides is 2. The number of esters is 1. The van der Waals surface area contributed by atoms with Gasteiger partial charge in [-0.3, -0.25) is 9.59 Å². The van der Waals surface area contributed by atoms with Crippen molar-refractivity contribution < 1.29 is 14.3 Å². The fourth-order valence-corrected chi connectivity index (χ4v) is 4.53. The lowest BCUT2D eigenvalue weighted by atomic mass is 10.1. The van der Waals surface area contributed by atoms with E-state index in [2.05, 4.69) is 6.92 Å². The molecule has 2 aliphatic rings. The van der Waals surface area contributed by atoms with Crippen LogP contribution < -0.4 is 4.90 Å². The summed E-state index contributed by atoms with van der Waals surface area (Å²) in [4.78, 5) is 27.5. The predicted octanol–water partition coefficient (Wildman–Crippen LogP) is 4.03. The molecule has 1 aromatic carbocycles. The molecule has 0 aromatic heterocycles. The van der Waals surface area contributed by atoms with E-state index < -0.39 is 15.7 Å². The lowest BCUT2D eigenvalue weighted by Gasteiger charge is -2.22. The molecule has 1 aliphatic heterocycles. The Bertz CT molecular complexity index is 682. The number of hydrogen-bond acceptors (Lipinski definition) is 4. The Balaban J connectivity index is 1.68. The molecule has 1 aliphatic carbocycles. The van der Waals surface area contributed by atoms with E-state index in [4.69, 9.17) is 27.9 Å². The van der Waals surface area contributed by atoms with Crippen molar-refractivity contribution in [3.8, 4) is 0 Å². The number of ether oxygens (including phenoxy) is 1. The summed E-state index contributed by atoms with van der Waals surface area (Å²) in [6.07, 6.45) is 1.22. The first-order valence-electron chi connectivity index (χ1n) is 7.86. The van der Waals surface area contributed by atoms with E-state index in [-0.39, 0.29) is 12.5 Å². The summed E-state index contributed by atoms with van der Waals surface area (Å²) in [6.45, 7) is 4.10. The molecule has 1 heterocycles. The van der Waals surface area contributed by atoms with Crippen LogP contribution in [0.1, 0.15) is 26.7 Å². The molecule has 2 unspecified atom stereocenters. The minimum absolute atomic E-state index is 0.232. The van der Waals surface area contributed by atoms with Crippen LogP contribution >= 0.6 is 35.0 Å². The largest absolute Gasteiger partial charge is 0.455 e. The molecule has 0 radical (unpaired) electrons. The van der Waals surface area contributed by atoms with Crippen LogP contribution in [-0.4, -0.2) is 34.6 Å². The van der Waals surface area contributed by atoms with Crippen LogP contribution in [0, 0.1) is 5.41 Å². The second-order valence-electron chi connectivity index (χ2n) is 6.52. The predicted molar refractivity (Wildman–Crippen MR) is 96.9 cm³/mol. The molecular formula is C17H19Cl2NO3S. The summed E-state index contributed by atoms with van der Waals surface area (Å²) in [6, 6.07) is 7.79. The highest BCUT2D eigenvalue weighted by atomic mass is 35.5. The number of nitrogens with zero attached hydrogens (tertiary/aromatic N) is 1. The van der Waals surface area contributed by atoms with Crippen molar-refractivity contribution >= 4 is 52.5 Å². The molecular weight excluding hydrogens is 369 g/mol. The second-order valence-corrected chi connectivity index (χ2v) is 9.48. The van der Waals surface area contributed by atoms with Gasteiger partial charge in [-0.25, -0.2) is 0 Å². The van der Waals surface area contributed by atoms with Gasteiger partial charge in [0.2, 0.25) is 0 Å². The summed E-state index contributed by atoms with van der Waals surface area (Å²) in [5.41, 5.74) is -0.0492. The fourth-order valence-electron chi connectivity index (χ4n) is 2.73. The van der Waals surface area contributed by atoms with Crippen LogP contribution in [0.4, 0.5) is 5.69 Å². The van der Waals surface area contributed by atoms with Gasteiger partial charge in [0.25, 0.3) is 5.91 Å². The number of thioether (sulfide) groups is 1. The zero-order valence-electron chi connectivity index (χ0n) is 13.6. The molecule has 2 atom stereocenters. The van der Waals surface area contributed by atoms with Gasteiger partial charge in [0.05, 0.1) is 5.69 Å². The monoisotopic (exact) mass is 387 g/mol. The van der Waals surface area contributed by atoms with Crippen LogP contribution in [-0.2, 0) is 14.3 Å². The van der Waals surface area contributed by atoms with Gasteiger partial charge in [-0.2, -0.15) is 0 Å². The first-order valence-corrected chi connectivity index (χ1v) is 9.49. The molecule has 0 N–H and O–H groups in total. The normalized spacial score (nSPS) is 27.8. The van der Waals surface area contributed by atoms with Crippen molar-refractivity contribution in [1.29, 1.82) is 0 Å². The Hall–Kier alpha value is -0.910. The molecule has 24 heavy (non-hydrogen) atoms. The number of benzene rings is 1. The number of carbonyl (C=O) groups is 2. The van der Waals surface area contributed by atoms with Crippen LogP contribution in [0.3, 0.4) is 0 Å². The topological polar surface area (TPSA) is 46.6 Å². The van der Waals surface area contributed by atoms with Crippen LogP contribution in [0.2, 0.25) is 0 Å². The van der Waals surface area contributed by atoms with Crippen LogP contribution in [0.5, 0.6) is 0 Å². The molecule has 1 saturated carbocycles. The van der Waals surface area contributed by atoms with Gasteiger partial charge in [-0.05, 0) is 25.5 Å². The first-order chi connectivity index (χ1) is 11.2. The van der Waals surface area contributed by atoms with Crippen LogP contribution in [0.25, 0.3) is 0 Å². The molecule has 7 heteroatoms. The first kappa shape index (κ1) is 17.9. The number of halogens is 2. The Morgan fingerprint density at radius 2 is 2.04 bits per heavy atom. The van der Waals surface area contributed by atoms with Gasteiger partial charge >= 0.3 is 5.97 Å². The zero-order chi connectivity index (χ0) is 17.5. The number of amides is 1. The van der Waals surface area contributed by atoms with Crippen LogP contribution in [0.15, 0.2) is 29.2 Å². The number of carbonyl (C=O) groups excluding carboxylic acids is 2. The molecule has 1 fully saturated rings. The Labute approximate surface area is 155 Å². The third-order valence-electron chi connectivity index (χ3n) is 4.58. The van der Waals surface area contributed by atoms with E-state index in [0.29, 0.717) is 18.2 Å². The minimum atomic E-state index is -1.09. The smallest absolute Gasteiger partial charge is 0.315 e. The van der Waals surface area contributed by atoms with Crippen molar-refractivity contribution in [1.82, 2.24) is 0 Å². The Morgan fingerprint density at radius 1 is 1.38 bits per heavy atom. The van der Waals surface area contributed by atoms with Crippen molar-refractivity contribution in [2.45, 2.75) is 41.2 Å². The third-order valence-corrected chi connectivity index (χ3v) is 6.92. The van der Waals surface area contributed by atoms with Gasteiger partial charge in [0, 0.05) is 23.1 Å². The number of rotatable bonds is 3. The molecule has 3 rings (SSSR count). The summed E-state index contributed by atoms with van der Waals surface area (Å²) >= 11 is 13.7. The summed E-state index contributed by atoms with van der Waals surface area (Å²) in [5.74, 6) is -0.754. The Morgan fingerprint density at radius 3 is 2.71 bits per heavy atom. The lowest BCUT2D eigenvalue weighted by Crippen LogP contribution is -2.36. The van der Waals surface area contributed by atoms with Crippen molar-refractivity contribution in [3.05, 3.63) is 24.3 Å². The molecule has 4 nitrogen and oxygen atoms in total. The highest BCUT2D eigenvalue weighted by molar-refractivity contribution is 8.00. The zero-order valence-corrected chi connectivity index (χ0v) is 15.9. The third kappa shape index (κ3) is 3.26. The molecule has 1 amide bonds. The highest BCUT2D eigenvalue weighted by Gasteiger charge is 2.69. The van der Waals surface area contributed by atoms with Gasteiger partial charge in [-0.1, -0.05) is 19.1 Å². The summed E-state index contributed by atoms with van der Waals surface area (Å²) in [5, 5.41) is 0.421. The van der Waals surface area contributed by atoms with Gasteiger partial charge < -0.3 is 9.64 Å². The van der Waals surface area contributed by atoms with Gasteiger partial charge in [0.15, 0.2) is 6.61 Å². The van der Waals surface area contributed by atoms with E-state index in [1.165, 1.54) is 0 Å².